The molecule has 0 radical (unpaired) electrons. The van der Waals surface area contributed by atoms with Gasteiger partial charge in [-0.05, 0) is 23.6 Å². The Hall–Kier alpha value is -1.78. The molecule has 1 amide bonds. The van der Waals surface area contributed by atoms with Crippen molar-refractivity contribution in [2.75, 3.05) is 5.75 Å². The van der Waals surface area contributed by atoms with Crippen molar-refractivity contribution in [2.45, 2.75) is 30.3 Å². The number of rotatable bonds is 4. The van der Waals surface area contributed by atoms with Crippen molar-refractivity contribution < 1.29 is 4.79 Å². The predicted molar refractivity (Wildman–Crippen MR) is 95.2 cm³/mol. The van der Waals surface area contributed by atoms with Crippen molar-refractivity contribution in [2.24, 2.45) is 11.7 Å². The minimum atomic E-state index is -0.288. The van der Waals surface area contributed by atoms with Gasteiger partial charge >= 0.3 is 0 Å². The van der Waals surface area contributed by atoms with Crippen LogP contribution in [0.5, 0.6) is 0 Å². The first-order valence-electron chi connectivity index (χ1n) is 7.99. The van der Waals surface area contributed by atoms with Gasteiger partial charge in [0.2, 0.25) is 5.91 Å². The number of fused-ring (bicyclic) bond motifs is 1. The molecule has 1 aliphatic heterocycles. The van der Waals surface area contributed by atoms with Crippen molar-refractivity contribution in [3.05, 3.63) is 65.7 Å². The van der Waals surface area contributed by atoms with E-state index >= 15 is 0 Å². The molecular weight excluding hydrogens is 304 g/mol. The molecule has 2 aromatic rings. The topological polar surface area (TPSA) is 55.1 Å². The molecule has 3 nitrogen and oxygen atoms in total. The maximum Gasteiger partial charge on any atom is 0.225 e. The summed E-state index contributed by atoms with van der Waals surface area (Å²) in [7, 11) is 0. The summed E-state index contributed by atoms with van der Waals surface area (Å²) in [4.78, 5) is 13.9. The second kappa shape index (κ2) is 7.20. The highest BCUT2D eigenvalue weighted by atomic mass is 32.2. The van der Waals surface area contributed by atoms with Crippen LogP contribution in [-0.4, -0.2) is 11.7 Å². The Morgan fingerprint density at radius 1 is 1.17 bits per heavy atom. The highest BCUT2D eigenvalue weighted by Crippen LogP contribution is 2.36. The van der Waals surface area contributed by atoms with Crippen LogP contribution in [0.2, 0.25) is 0 Å². The number of nitrogens with one attached hydrogen (secondary N) is 1. The largest absolute Gasteiger partial charge is 0.349 e. The van der Waals surface area contributed by atoms with Gasteiger partial charge in [-0.1, -0.05) is 55.5 Å². The van der Waals surface area contributed by atoms with E-state index in [2.05, 4.69) is 17.4 Å². The lowest BCUT2D eigenvalue weighted by Crippen LogP contribution is -2.38. The van der Waals surface area contributed by atoms with Gasteiger partial charge in [-0.2, -0.15) is 0 Å². The fourth-order valence-electron chi connectivity index (χ4n) is 2.92. The van der Waals surface area contributed by atoms with Crippen LogP contribution in [0.3, 0.4) is 0 Å². The van der Waals surface area contributed by atoms with Crippen molar-refractivity contribution in [1.29, 1.82) is 0 Å². The molecular formula is C19H22N2OS. The Kier molecular flexibility index (Phi) is 5.03. The number of carbonyl (C=O) groups is 1. The first kappa shape index (κ1) is 16.1. The molecule has 0 aliphatic carbocycles. The van der Waals surface area contributed by atoms with Gasteiger partial charge < -0.3 is 11.1 Å². The van der Waals surface area contributed by atoms with E-state index in [1.807, 2.05) is 61.2 Å². The van der Waals surface area contributed by atoms with Crippen LogP contribution in [0.1, 0.15) is 36.6 Å². The fraction of sp³-hybridized carbons (Fsp3) is 0.316. The van der Waals surface area contributed by atoms with Crippen LogP contribution in [0.25, 0.3) is 0 Å². The summed E-state index contributed by atoms with van der Waals surface area (Å²) in [6, 6.07) is 17.9. The minimum Gasteiger partial charge on any atom is -0.349 e. The molecule has 2 aromatic carbocycles. The first-order valence-corrected chi connectivity index (χ1v) is 8.98. The van der Waals surface area contributed by atoms with Crippen LogP contribution in [0, 0.1) is 5.92 Å². The zero-order valence-corrected chi connectivity index (χ0v) is 14.1. The van der Waals surface area contributed by atoms with E-state index in [4.69, 9.17) is 5.73 Å². The van der Waals surface area contributed by atoms with Crippen LogP contribution < -0.4 is 11.1 Å². The summed E-state index contributed by atoms with van der Waals surface area (Å²) in [6.07, 6.45) is 0.959. The van der Waals surface area contributed by atoms with Crippen LogP contribution in [-0.2, 0) is 4.79 Å². The van der Waals surface area contributed by atoms with E-state index in [-0.39, 0.29) is 23.9 Å². The van der Waals surface area contributed by atoms with E-state index in [1.165, 1.54) is 10.5 Å². The summed E-state index contributed by atoms with van der Waals surface area (Å²) in [5, 5.41) is 3.19. The van der Waals surface area contributed by atoms with Gasteiger partial charge in [0, 0.05) is 16.7 Å². The summed E-state index contributed by atoms with van der Waals surface area (Å²) < 4.78 is 0. The van der Waals surface area contributed by atoms with E-state index in [1.54, 1.807) is 0 Å². The number of carbonyl (C=O) groups excluding carboxylic acids is 1. The molecule has 0 saturated carbocycles. The van der Waals surface area contributed by atoms with E-state index in [9.17, 15) is 4.79 Å². The second-order valence-electron chi connectivity index (χ2n) is 5.96. The van der Waals surface area contributed by atoms with Crippen LogP contribution >= 0.6 is 11.8 Å². The number of hydrogen-bond donors (Lipinski definition) is 2. The smallest absolute Gasteiger partial charge is 0.225 e. The predicted octanol–water partition coefficient (Wildman–Crippen LogP) is 3.68. The van der Waals surface area contributed by atoms with E-state index in [0.29, 0.717) is 0 Å². The monoisotopic (exact) mass is 326 g/mol. The van der Waals surface area contributed by atoms with Crippen molar-refractivity contribution >= 4 is 17.7 Å². The summed E-state index contributed by atoms with van der Waals surface area (Å²) >= 11 is 1.86. The average molecular weight is 326 g/mol. The summed E-state index contributed by atoms with van der Waals surface area (Å²) in [5.74, 6) is 0.786. The number of benzene rings is 2. The molecule has 23 heavy (non-hydrogen) atoms. The quantitative estimate of drug-likeness (QED) is 0.901. The molecule has 1 heterocycles. The zero-order valence-electron chi connectivity index (χ0n) is 13.2. The summed E-state index contributed by atoms with van der Waals surface area (Å²) in [5.41, 5.74) is 8.49. The normalized spacial score (nSPS) is 19.5. The average Bonchev–Trinajstić information content (AvgIpc) is 2.61. The lowest BCUT2D eigenvalue weighted by molar-refractivity contribution is -0.126. The first-order chi connectivity index (χ1) is 11.2. The Balaban J connectivity index is 1.70. The molecule has 0 bridgehead atoms. The van der Waals surface area contributed by atoms with E-state index in [0.717, 1.165) is 17.7 Å². The molecule has 3 unspecified atom stereocenters. The number of thioether (sulfide) groups is 1. The Labute approximate surface area is 141 Å². The molecule has 0 fully saturated rings. The van der Waals surface area contributed by atoms with Crippen LogP contribution in [0.15, 0.2) is 59.5 Å². The van der Waals surface area contributed by atoms with Gasteiger partial charge in [-0.15, -0.1) is 11.8 Å². The maximum atomic E-state index is 12.6. The Morgan fingerprint density at radius 3 is 2.65 bits per heavy atom. The molecule has 4 heteroatoms. The van der Waals surface area contributed by atoms with Gasteiger partial charge in [-0.3, -0.25) is 4.79 Å². The zero-order chi connectivity index (χ0) is 16.2. The van der Waals surface area contributed by atoms with Crippen LogP contribution in [0.4, 0.5) is 0 Å². The van der Waals surface area contributed by atoms with Gasteiger partial charge in [0.05, 0.1) is 12.0 Å². The standard InChI is InChI=1S/C19H22N2OS/c1-13(18(20)14-7-3-2-4-8-14)19(22)21-16-11-12-23-17-10-6-5-9-15(16)17/h2-10,13,16,18H,11-12,20H2,1H3,(H,21,22). The van der Waals surface area contributed by atoms with Gasteiger partial charge in [0.1, 0.15) is 0 Å². The third-order valence-corrected chi connectivity index (χ3v) is 5.53. The minimum absolute atomic E-state index is 0.0213. The number of amides is 1. The lowest BCUT2D eigenvalue weighted by Gasteiger charge is -2.28. The Bertz CT molecular complexity index is 674. The molecule has 1 aliphatic rings. The molecule has 3 rings (SSSR count). The fourth-order valence-corrected chi connectivity index (χ4v) is 4.05. The van der Waals surface area contributed by atoms with Gasteiger partial charge in [-0.25, -0.2) is 0 Å². The second-order valence-corrected chi connectivity index (χ2v) is 7.10. The third-order valence-electron chi connectivity index (χ3n) is 4.41. The van der Waals surface area contributed by atoms with E-state index < -0.39 is 0 Å². The van der Waals surface area contributed by atoms with Gasteiger partial charge in [0.25, 0.3) is 0 Å². The number of hydrogen-bond acceptors (Lipinski definition) is 3. The Morgan fingerprint density at radius 2 is 1.87 bits per heavy atom. The number of nitrogens with two attached hydrogens (primary N) is 1. The molecule has 120 valence electrons. The molecule has 3 N–H and O–H groups in total. The third kappa shape index (κ3) is 3.59. The molecule has 0 spiro atoms. The lowest BCUT2D eigenvalue weighted by atomic mass is 9.93. The highest BCUT2D eigenvalue weighted by Gasteiger charge is 2.27. The molecule has 3 atom stereocenters. The van der Waals surface area contributed by atoms with Crippen molar-refractivity contribution in [1.82, 2.24) is 5.32 Å². The van der Waals surface area contributed by atoms with Crippen molar-refractivity contribution in [3.8, 4) is 0 Å². The van der Waals surface area contributed by atoms with Crippen molar-refractivity contribution in [3.63, 3.8) is 0 Å². The maximum absolute atomic E-state index is 12.6. The van der Waals surface area contributed by atoms with Gasteiger partial charge in [0.15, 0.2) is 0 Å². The molecule has 0 aromatic heterocycles. The summed E-state index contributed by atoms with van der Waals surface area (Å²) in [6.45, 7) is 1.90. The SMILES string of the molecule is CC(C(=O)NC1CCSc2ccccc21)C(N)c1ccccc1. The highest BCUT2D eigenvalue weighted by molar-refractivity contribution is 7.99. The molecule has 0 saturated heterocycles.